The molecule has 34 heavy (non-hydrogen) atoms. The monoisotopic (exact) mass is 529 g/mol. The number of quaternary nitrogens is 1. The first-order valence-corrected chi connectivity index (χ1v) is 13.0. The molecule has 0 saturated carbocycles. The zero-order valence-electron chi connectivity index (χ0n) is 19.0. The lowest BCUT2D eigenvalue weighted by atomic mass is 9.57. The SMILES string of the molecule is CC(C)C[C@H](NC(=O)CNC(=O)c1cc(Cl)ccc1Cl)[B-]12OC(=O)[C@@H]3CSC[C@@H](C(=O)O1)[N+]32C. The Labute approximate surface area is 211 Å². The van der Waals surface area contributed by atoms with Crippen LogP contribution in [0, 0.1) is 5.92 Å². The third kappa shape index (κ3) is 4.06. The predicted molar refractivity (Wildman–Crippen MR) is 129 cm³/mol. The molecular weight excluding hydrogens is 504 g/mol. The Kier molecular flexibility index (Phi) is 6.85. The average Bonchev–Trinajstić information content (AvgIpc) is 3.13. The van der Waals surface area contributed by atoms with E-state index in [1.807, 2.05) is 20.9 Å². The highest BCUT2D eigenvalue weighted by Crippen LogP contribution is 2.48. The molecule has 1 aromatic carbocycles. The van der Waals surface area contributed by atoms with Gasteiger partial charge in [0.15, 0.2) is 12.1 Å². The zero-order valence-corrected chi connectivity index (χ0v) is 21.3. The summed E-state index contributed by atoms with van der Waals surface area (Å²) >= 11 is 13.5. The number of hydrogen-bond acceptors (Lipinski definition) is 7. The number of nitrogens with zero attached hydrogens (tertiary/aromatic N) is 1. The molecule has 3 atom stereocenters. The summed E-state index contributed by atoms with van der Waals surface area (Å²) in [5.41, 5.74) is 0.146. The third-order valence-electron chi connectivity index (χ3n) is 6.95. The van der Waals surface area contributed by atoms with Gasteiger partial charge in [-0.1, -0.05) is 37.0 Å². The van der Waals surface area contributed by atoms with E-state index in [2.05, 4.69) is 10.6 Å². The van der Waals surface area contributed by atoms with Gasteiger partial charge in [0.05, 0.1) is 34.6 Å². The molecule has 2 amide bonds. The lowest BCUT2D eigenvalue weighted by molar-refractivity contribution is -0.840. The number of carbonyl (C=O) groups is 4. The van der Waals surface area contributed by atoms with Gasteiger partial charge in [-0.2, -0.15) is 0 Å². The van der Waals surface area contributed by atoms with E-state index in [1.165, 1.54) is 23.9 Å². The van der Waals surface area contributed by atoms with Crippen molar-refractivity contribution in [2.24, 2.45) is 5.92 Å². The fraction of sp³-hybridized carbons (Fsp3) is 0.524. The number of rotatable bonds is 7. The van der Waals surface area contributed by atoms with Gasteiger partial charge in [-0.25, -0.2) is 9.59 Å². The first-order valence-electron chi connectivity index (χ1n) is 11.1. The van der Waals surface area contributed by atoms with E-state index in [-0.39, 0.29) is 27.4 Å². The van der Waals surface area contributed by atoms with E-state index < -0.39 is 48.5 Å². The van der Waals surface area contributed by atoms with Crippen LogP contribution in [0.2, 0.25) is 10.0 Å². The van der Waals surface area contributed by atoms with Gasteiger partial charge in [0.2, 0.25) is 5.91 Å². The van der Waals surface area contributed by atoms with Gasteiger partial charge >= 0.3 is 18.6 Å². The predicted octanol–water partition coefficient (Wildman–Crippen LogP) is 1.78. The summed E-state index contributed by atoms with van der Waals surface area (Å²) in [6.45, 7) is 1.05. The van der Waals surface area contributed by atoms with Crippen LogP contribution in [-0.4, -0.2) is 78.0 Å². The molecule has 2 N–H and O–H groups in total. The lowest BCUT2D eigenvalue weighted by Gasteiger charge is -2.51. The number of likely N-dealkylation sites (N-methyl/N-ethyl adjacent to an activating group) is 1. The summed E-state index contributed by atoms with van der Waals surface area (Å²) in [6, 6.07) is 3.39. The standard InChI is InChI=1S/C21H26BCl2N3O6S/c1-11(2)6-17(26-18(28)8-25-19(29)13-7-12(23)4-5-14(13)24)22-27(3)15(20(30)32-22)9-34-10-16(27)21(31)33-22/h4-5,7,11,15-17H,6,8-10H2,1-3H3,(H,25,29)(H,26,28)/t15-,16-,17-,22?,27?/m0/s1. The van der Waals surface area contributed by atoms with Crippen LogP contribution in [0.5, 0.6) is 0 Å². The molecule has 13 heteroatoms. The van der Waals surface area contributed by atoms with Crippen molar-refractivity contribution < 1.29 is 32.9 Å². The van der Waals surface area contributed by atoms with Crippen LogP contribution in [0.15, 0.2) is 18.2 Å². The molecule has 0 bridgehead atoms. The summed E-state index contributed by atoms with van der Waals surface area (Å²) < 4.78 is 11.7. The van der Waals surface area contributed by atoms with Crippen LogP contribution in [0.3, 0.4) is 0 Å². The smallest absolute Gasteiger partial charge is 0.599 e. The maximum Gasteiger partial charge on any atom is 0.605 e. The molecule has 3 saturated heterocycles. The van der Waals surface area contributed by atoms with Crippen molar-refractivity contribution >= 4 is 65.4 Å². The van der Waals surface area contributed by atoms with Gasteiger partial charge < -0.3 is 24.3 Å². The molecule has 4 rings (SSSR count). The summed E-state index contributed by atoms with van der Waals surface area (Å²) in [5.74, 6) is -1.50. The molecule has 3 aliphatic rings. The van der Waals surface area contributed by atoms with E-state index in [1.54, 1.807) is 6.07 Å². The molecule has 184 valence electrons. The molecule has 3 heterocycles. The average molecular weight is 530 g/mol. The minimum atomic E-state index is -2.52. The fourth-order valence-corrected chi connectivity index (χ4v) is 7.12. The highest BCUT2D eigenvalue weighted by molar-refractivity contribution is 7.99. The van der Waals surface area contributed by atoms with Crippen LogP contribution in [-0.2, 0) is 23.7 Å². The van der Waals surface area contributed by atoms with Crippen molar-refractivity contribution in [3.8, 4) is 0 Å². The normalized spacial score (nSPS) is 30.4. The number of amides is 2. The van der Waals surface area contributed by atoms with Gasteiger partial charge in [0, 0.05) is 12.1 Å². The van der Waals surface area contributed by atoms with Crippen molar-refractivity contribution in [2.75, 3.05) is 25.1 Å². The zero-order chi connectivity index (χ0) is 24.8. The van der Waals surface area contributed by atoms with Crippen molar-refractivity contribution in [1.29, 1.82) is 0 Å². The van der Waals surface area contributed by atoms with Crippen molar-refractivity contribution in [1.82, 2.24) is 10.6 Å². The molecule has 0 aromatic heterocycles. The lowest BCUT2D eigenvalue weighted by Crippen LogP contribution is -2.76. The molecule has 3 aliphatic heterocycles. The topological polar surface area (TPSA) is 111 Å². The van der Waals surface area contributed by atoms with Crippen LogP contribution in [0.4, 0.5) is 0 Å². The number of carbonyl (C=O) groups excluding carboxylic acids is 4. The minimum Gasteiger partial charge on any atom is -0.599 e. The van der Waals surface area contributed by atoms with Crippen molar-refractivity contribution in [3.05, 3.63) is 33.8 Å². The first kappa shape index (κ1) is 25.2. The second kappa shape index (κ2) is 9.25. The van der Waals surface area contributed by atoms with Gasteiger partial charge in [-0.15, -0.1) is 11.8 Å². The first-order chi connectivity index (χ1) is 16.0. The Balaban J connectivity index is 1.54. The van der Waals surface area contributed by atoms with Gasteiger partial charge in [0.1, 0.15) is 0 Å². The molecule has 1 aromatic rings. The van der Waals surface area contributed by atoms with E-state index in [0.717, 1.165) is 0 Å². The summed E-state index contributed by atoms with van der Waals surface area (Å²) in [4.78, 5) is 51.0. The Bertz CT molecular complexity index is 1030. The second-order valence-electron chi connectivity index (χ2n) is 9.50. The van der Waals surface area contributed by atoms with Gasteiger partial charge in [-0.3, -0.25) is 9.59 Å². The number of halogens is 2. The number of hydrogen-bond donors (Lipinski definition) is 2. The van der Waals surface area contributed by atoms with Crippen molar-refractivity contribution in [3.63, 3.8) is 0 Å². The summed E-state index contributed by atoms with van der Waals surface area (Å²) in [7, 11) is 1.81. The van der Waals surface area contributed by atoms with Gasteiger partial charge in [-0.05, 0) is 30.5 Å². The van der Waals surface area contributed by atoms with Crippen LogP contribution >= 0.6 is 35.0 Å². The Morgan fingerprint density at radius 1 is 1.18 bits per heavy atom. The number of nitrogens with one attached hydrogen (secondary N) is 2. The summed E-state index contributed by atoms with van der Waals surface area (Å²) in [5, 5.41) is 5.95. The third-order valence-corrected chi connectivity index (χ3v) is 8.61. The van der Waals surface area contributed by atoms with Crippen LogP contribution < -0.4 is 10.6 Å². The van der Waals surface area contributed by atoms with Crippen molar-refractivity contribution in [2.45, 2.75) is 38.3 Å². The Morgan fingerprint density at radius 3 is 2.38 bits per heavy atom. The number of benzene rings is 1. The molecule has 0 unspecified atom stereocenters. The molecule has 3 fully saturated rings. The fourth-order valence-electron chi connectivity index (χ4n) is 5.24. The maximum atomic E-state index is 12.9. The van der Waals surface area contributed by atoms with E-state index >= 15 is 0 Å². The Morgan fingerprint density at radius 2 is 1.79 bits per heavy atom. The van der Waals surface area contributed by atoms with E-state index in [9.17, 15) is 19.2 Å². The number of thioether (sulfide) groups is 1. The molecular formula is C21H26BCl2N3O6S. The Hall–Kier alpha value is -1.95. The molecule has 0 aliphatic carbocycles. The van der Waals surface area contributed by atoms with Gasteiger partial charge in [0.25, 0.3) is 5.91 Å². The molecule has 9 nitrogen and oxygen atoms in total. The quantitative estimate of drug-likeness (QED) is 0.518. The minimum absolute atomic E-state index is 0.0206. The van der Waals surface area contributed by atoms with E-state index in [0.29, 0.717) is 22.9 Å². The van der Waals surface area contributed by atoms with Crippen LogP contribution in [0.25, 0.3) is 0 Å². The maximum absolute atomic E-state index is 12.9. The second-order valence-corrected chi connectivity index (χ2v) is 11.4. The molecule has 0 spiro atoms. The highest BCUT2D eigenvalue weighted by Gasteiger charge is 2.77. The largest absolute Gasteiger partial charge is 0.605 e. The highest BCUT2D eigenvalue weighted by atomic mass is 35.5. The summed E-state index contributed by atoms with van der Waals surface area (Å²) in [6.07, 6.45) is 0.417. The van der Waals surface area contributed by atoms with Crippen LogP contribution in [0.1, 0.15) is 30.6 Å². The molecule has 0 radical (unpaired) electrons. The van der Waals surface area contributed by atoms with E-state index in [4.69, 9.17) is 32.5 Å².